The molecule has 0 fully saturated rings. The van der Waals surface area contributed by atoms with Gasteiger partial charge in [-0.15, -0.1) is 0 Å². The van der Waals surface area contributed by atoms with Crippen LogP contribution in [0.1, 0.15) is 22.3 Å². The summed E-state index contributed by atoms with van der Waals surface area (Å²) < 4.78 is 13.0. The van der Waals surface area contributed by atoms with Gasteiger partial charge in [0.15, 0.2) is 0 Å². The van der Waals surface area contributed by atoms with Crippen molar-refractivity contribution in [3.63, 3.8) is 0 Å². The normalized spacial score (nSPS) is 15.8. The Balaban J connectivity index is 1.87. The highest BCUT2D eigenvalue weighted by Crippen LogP contribution is 2.23. The maximum atomic E-state index is 13.0. The molecule has 3 heteroatoms. The van der Waals surface area contributed by atoms with Crippen molar-refractivity contribution in [2.75, 3.05) is 5.75 Å². The summed E-state index contributed by atoms with van der Waals surface area (Å²) in [7, 11) is -2.01. The Morgan fingerprint density at radius 3 is 2.00 bits per heavy atom. The lowest BCUT2D eigenvalue weighted by atomic mass is 9.97. The Morgan fingerprint density at radius 1 is 0.833 bits per heavy atom. The first kappa shape index (κ1) is 17.6. The van der Waals surface area contributed by atoms with E-state index in [0.29, 0.717) is 0 Å². The molecule has 0 saturated carbocycles. The molecule has 2 aromatic rings. The molecule has 0 aliphatic heterocycles. The molecule has 128 valence electrons. The third kappa shape index (κ3) is 4.67. The maximum Gasteiger partial charge on any atom is 0.0529 e. The first-order valence-corrected chi connectivity index (χ1v) is 14.0. The Kier molecular flexibility index (Phi) is 5.41. The van der Waals surface area contributed by atoms with Crippen LogP contribution in [0.15, 0.2) is 47.4 Å². The van der Waals surface area contributed by atoms with Crippen LogP contribution in [0.5, 0.6) is 0 Å². The first-order valence-electron chi connectivity index (χ1n) is 8.99. The van der Waals surface area contributed by atoms with Crippen molar-refractivity contribution in [2.45, 2.75) is 56.3 Å². The number of benzene rings is 2. The number of aryl methyl sites for hydroxylation is 4. The lowest BCUT2D eigenvalue weighted by Gasteiger charge is -2.17. The predicted molar refractivity (Wildman–Crippen MR) is 107 cm³/mol. The van der Waals surface area contributed by atoms with Gasteiger partial charge in [-0.25, -0.2) is 0 Å². The fraction of sp³-hybridized carbons (Fsp3) is 0.429. The fourth-order valence-corrected chi connectivity index (χ4v) is 7.28. The minimum atomic E-state index is -1.15. The zero-order valence-electron chi connectivity index (χ0n) is 15.1. The Bertz CT molecular complexity index is 728. The van der Waals surface area contributed by atoms with Gasteiger partial charge in [0.2, 0.25) is 0 Å². The zero-order valence-corrected chi connectivity index (χ0v) is 16.9. The summed E-state index contributed by atoms with van der Waals surface area (Å²) in [6.07, 6.45) is 4.09. The molecule has 0 N–H and O–H groups in total. The van der Waals surface area contributed by atoms with Crippen molar-refractivity contribution in [3.8, 4) is 0 Å². The molecule has 24 heavy (non-hydrogen) atoms. The van der Waals surface area contributed by atoms with Crippen LogP contribution in [0, 0.1) is 0 Å². The third-order valence-corrected chi connectivity index (χ3v) is 8.38. The average molecular weight is 357 g/mol. The molecule has 4 aliphatic rings. The Hall–Kier alpha value is -1.19. The van der Waals surface area contributed by atoms with Gasteiger partial charge in [-0.1, -0.05) is 56.0 Å². The van der Waals surface area contributed by atoms with Crippen molar-refractivity contribution in [3.05, 3.63) is 64.7 Å². The molecule has 0 heterocycles. The second-order valence-electron chi connectivity index (χ2n) is 8.12. The standard InChI is InChI=1S/C21H28OSSi/c1-24(2,3)15-14-23(22)21-16-19-9-8-17-4-6-18(7-5-17)10-12-20(21)13-11-19/h4-7,11,13,16H,8-10,12,14-15H2,1-3H3. The van der Waals surface area contributed by atoms with Gasteiger partial charge in [0, 0.05) is 18.7 Å². The maximum absolute atomic E-state index is 13.0. The minimum absolute atomic E-state index is 0.819. The summed E-state index contributed by atoms with van der Waals surface area (Å²) in [5.41, 5.74) is 5.36. The highest BCUT2D eigenvalue weighted by molar-refractivity contribution is 7.85. The molecule has 0 radical (unpaired) electrons. The minimum Gasteiger partial charge on any atom is -0.254 e. The van der Waals surface area contributed by atoms with Crippen LogP contribution in [0.3, 0.4) is 0 Å². The van der Waals surface area contributed by atoms with Crippen molar-refractivity contribution >= 4 is 18.9 Å². The topological polar surface area (TPSA) is 17.1 Å². The molecule has 0 amide bonds. The molecule has 0 spiro atoms. The molecule has 4 aliphatic carbocycles. The van der Waals surface area contributed by atoms with Crippen molar-refractivity contribution in [2.24, 2.45) is 0 Å². The summed E-state index contributed by atoms with van der Waals surface area (Å²) in [5, 5.41) is 0. The molecule has 0 saturated heterocycles. The van der Waals surface area contributed by atoms with Crippen molar-refractivity contribution < 1.29 is 4.21 Å². The summed E-state index contributed by atoms with van der Waals surface area (Å²) in [6, 6.07) is 16.9. The second kappa shape index (κ2) is 7.36. The van der Waals surface area contributed by atoms with Gasteiger partial charge in [-0.05, 0) is 60.0 Å². The van der Waals surface area contributed by atoms with E-state index in [9.17, 15) is 4.21 Å². The van der Waals surface area contributed by atoms with Crippen LogP contribution in [0.4, 0.5) is 0 Å². The smallest absolute Gasteiger partial charge is 0.0529 e. The van der Waals surface area contributed by atoms with Crippen LogP contribution in [-0.4, -0.2) is 18.0 Å². The van der Waals surface area contributed by atoms with Gasteiger partial charge in [0.05, 0.1) is 10.8 Å². The van der Waals surface area contributed by atoms with Crippen molar-refractivity contribution in [1.82, 2.24) is 0 Å². The molecule has 6 rings (SSSR count). The molecule has 0 aromatic heterocycles. The van der Waals surface area contributed by atoms with Crippen LogP contribution in [0.25, 0.3) is 0 Å². The predicted octanol–water partition coefficient (Wildman–Crippen LogP) is 5.02. The van der Waals surface area contributed by atoms with Gasteiger partial charge in [0.1, 0.15) is 0 Å². The third-order valence-electron chi connectivity index (χ3n) is 4.82. The van der Waals surface area contributed by atoms with Crippen LogP contribution in [0.2, 0.25) is 25.7 Å². The second-order valence-corrected chi connectivity index (χ2v) is 15.3. The van der Waals surface area contributed by atoms with E-state index < -0.39 is 18.9 Å². The van der Waals surface area contributed by atoms with Gasteiger partial charge < -0.3 is 0 Å². The van der Waals surface area contributed by atoms with E-state index in [2.05, 4.69) is 62.1 Å². The van der Waals surface area contributed by atoms with Crippen LogP contribution in [-0.2, 0) is 36.5 Å². The van der Waals surface area contributed by atoms with E-state index >= 15 is 0 Å². The van der Waals surface area contributed by atoms with E-state index in [4.69, 9.17) is 0 Å². The molecule has 1 unspecified atom stereocenters. The summed E-state index contributed by atoms with van der Waals surface area (Å²) >= 11 is 0. The van der Waals surface area contributed by atoms with Crippen molar-refractivity contribution in [1.29, 1.82) is 0 Å². The molecule has 4 bridgehead atoms. The Morgan fingerprint density at radius 2 is 1.38 bits per heavy atom. The molecular weight excluding hydrogens is 328 g/mol. The molecular formula is C21H28OSSi. The average Bonchev–Trinajstić information content (AvgIpc) is 2.54. The van der Waals surface area contributed by atoms with E-state index in [0.717, 1.165) is 42.4 Å². The van der Waals surface area contributed by atoms with Gasteiger partial charge in [-0.3, -0.25) is 4.21 Å². The summed E-state index contributed by atoms with van der Waals surface area (Å²) in [6.45, 7) is 7.07. The highest BCUT2D eigenvalue weighted by Gasteiger charge is 2.18. The van der Waals surface area contributed by atoms with E-state index in [1.165, 1.54) is 22.3 Å². The largest absolute Gasteiger partial charge is 0.254 e. The van der Waals surface area contributed by atoms with E-state index in [-0.39, 0.29) is 0 Å². The number of rotatable bonds is 4. The molecule has 1 atom stereocenters. The van der Waals surface area contributed by atoms with E-state index in [1.54, 1.807) is 0 Å². The number of hydrogen-bond acceptors (Lipinski definition) is 1. The molecule has 2 aromatic carbocycles. The molecule has 1 nitrogen and oxygen atoms in total. The van der Waals surface area contributed by atoms with Crippen LogP contribution >= 0.6 is 0 Å². The quantitative estimate of drug-likeness (QED) is 0.703. The lowest BCUT2D eigenvalue weighted by Crippen LogP contribution is -2.22. The zero-order chi connectivity index (χ0) is 17.2. The first-order chi connectivity index (χ1) is 11.4. The summed E-state index contributed by atoms with van der Waals surface area (Å²) in [4.78, 5) is 1.10. The monoisotopic (exact) mass is 356 g/mol. The van der Waals surface area contributed by atoms with E-state index in [1.807, 2.05) is 0 Å². The van der Waals surface area contributed by atoms with Gasteiger partial charge in [-0.2, -0.15) is 0 Å². The lowest BCUT2D eigenvalue weighted by molar-refractivity contribution is 0.682. The number of hydrogen-bond donors (Lipinski definition) is 0. The summed E-state index contributed by atoms with van der Waals surface area (Å²) in [5.74, 6) is 0.819. The SMILES string of the molecule is C[Si](C)(C)CCS(=O)c1cc2ccc1CCc1ccc(cc1)CC2. The Labute approximate surface area is 150 Å². The van der Waals surface area contributed by atoms with Gasteiger partial charge in [0.25, 0.3) is 0 Å². The van der Waals surface area contributed by atoms with Crippen LogP contribution < -0.4 is 0 Å². The van der Waals surface area contributed by atoms with Gasteiger partial charge >= 0.3 is 0 Å². The highest BCUT2D eigenvalue weighted by atomic mass is 32.2. The fourth-order valence-electron chi connectivity index (χ4n) is 3.12.